The van der Waals surface area contributed by atoms with Crippen molar-refractivity contribution >= 4 is 46.1 Å². The molecular weight excluding hydrogens is 441 g/mol. The summed E-state index contributed by atoms with van der Waals surface area (Å²) in [6.45, 7) is 6.28. The first-order valence-corrected chi connectivity index (χ1v) is 9.69. The van der Waals surface area contributed by atoms with Crippen LogP contribution in [-0.2, 0) is 0 Å². The molecule has 0 spiro atoms. The maximum atomic E-state index is 11.1. The van der Waals surface area contributed by atoms with Gasteiger partial charge in [0, 0.05) is 21.9 Å². The number of carboxylic acid groups (broad SMARTS) is 1. The fraction of sp³-hybridized carbons (Fsp3) is 0.647. The van der Waals surface area contributed by atoms with Gasteiger partial charge in [0.05, 0.1) is 5.02 Å². The van der Waals surface area contributed by atoms with Crippen molar-refractivity contribution in [2.45, 2.75) is 58.5 Å². The van der Waals surface area contributed by atoms with Crippen molar-refractivity contribution in [1.82, 2.24) is 10.3 Å². The van der Waals surface area contributed by atoms with E-state index in [2.05, 4.69) is 59.0 Å². The first kappa shape index (κ1) is 19.6. The van der Waals surface area contributed by atoms with Crippen molar-refractivity contribution in [2.75, 3.05) is 5.32 Å². The lowest BCUT2D eigenvalue weighted by atomic mass is 9.72. The molecule has 1 aromatic heterocycles. The number of pyridine rings is 1. The monoisotopic (exact) mass is 465 g/mol. The highest BCUT2D eigenvalue weighted by Crippen LogP contribution is 2.35. The molecule has 1 fully saturated rings. The van der Waals surface area contributed by atoms with Crippen LogP contribution in [0.15, 0.2) is 12.3 Å². The predicted molar refractivity (Wildman–Crippen MR) is 106 cm³/mol. The van der Waals surface area contributed by atoms with Crippen LogP contribution in [0.2, 0.25) is 5.02 Å². The van der Waals surface area contributed by atoms with Gasteiger partial charge in [-0.25, -0.2) is 9.78 Å². The quantitative estimate of drug-likeness (QED) is 0.548. The topological polar surface area (TPSA) is 74.2 Å². The molecule has 0 radical (unpaired) electrons. The van der Waals surface area contributed by atoms with E-state index in [0.29, 0.717) is 17.0 Å². The number of hydrogen-bond acceptors (Lipinski definition) is 3. The van der Waals surface area contributed by atoms with Crippen molar-refractivity contribution in [3.05, 3.63) is 20.9 Å². The number of carbonyl (C=O) groups is 1. The van der Waals surface area contributed by atoms with Gasteiger partial charge in [-0.15, -0.1) is 0 Å². The third-order valence-corrected chi connectivity index (χ3v) is 6.13. The van der Waals surface area contributed by atoms with Gasteiger partial charge in [-0.05, 0) is 65.7 Å². The average Bonchev–Trinajstić information content (AvgIpc) is 2.48. The number of amides is 1. The van der Waals surface area contributed by atoms with Crippen LogP contribution in [-0.4, -0.2) is 28.3 Å². The highest BCUT2D eigenvalue weighted by atomic mass is 127. The molecule has 1 unspecified atom stereocenters. The molecule has 1 aliphatic carbocycles. The second-order valence-corrected chi connectivity index (χ2v) is 9.10. The van der Waals surface area contributed by atoms with Gasteiger partial charge in [-0.3, -0.25) is 0 Å². The predicted octanol–water partition coefficient (Wildman–Crippen LogP) is 4.99. The van der Waals surface area contributed by atoms with Crippen LogP contribution in [0.5, 0.6) is 0 Å². The second-order valence-electron chi connectivity index (χ2n) is 7.53. The maximum Gasteiger partial charge on any atom is 0.404 e. The van der Waals surface area contributed by atoms with Crippen LogP contribution >= 0.6 is 34.2 Å². The van der Waals surface area contributed by atoms with E-state index in [1.807, 2.05) is 6.07 Å². The number of halogens is 2. The molecule has 0 saturated heterocycles. The van der Waals surface area contributed by atoms with Gasteiger partial charge in [0.15, 0.2) is 0 Å². The number of nitrogens with one attached hydrogen (secondary N) is 2. The van der Waals surface area contributed by atoms with Gasteiger partial charge < -0.3 is 15.7 Å². The van der Waals surface area contributed by atoms with Gasteiger partial charge in [0.25, 0.3) is 0 Å². The van der Waals surface area contributed by atoms with Crippen molar-refractivity contribution in [1.29, 1.82) is 0 Å². The lowest BCUT2D eigenvalue weighted by Crippen LogP contribution is -2.49. The molecule has 1 aliphatic rings. The summed E-state index contributed by atoms with van der Waals surface area (Å²) >= 11 is 8.21. The molecule has 0 aliphatic heterocycles. The zero-order valence-corrected chi connectivity index (χ0v) is 17.2. The molecule has 0 bridgehead atoms. The molecule has 24 heavy (non-hydrogen) atoms. The van der Waals surface area contributed by atoms with Gasteiger partial charge >= 0.3 is 6.09 Å². The van der Waals surface area contributed by atoms with E-state index in [4.69, 9.17) is 16.7 Å². The van der Waals surface area contributed by atoms with Crippen LogP contribution in [0.25, 0.3) is 0 Å². The molecule has 2 rings (SSSR count). The zero-order valence-electron chi connectivity index (χ0n) is 14.3. The minimum absolute atomic E-state index is 0.0226. The molecule has 1 heterocycles. The lowest BCUT2D eigenvalue weighted by Gasteiger charge is -2.40. The number of nitrogens with zero attached hydrogens (tertiary/aromatic N) is 1. The van der Waals surface area contributed by atoms with Gasteiger partial charge in [-0.2, -0.15) is 0 Å². The van der Waals surface area contributed by atoms with Gasteiger partial charge in [-0.1, -0.05) is 32.4 Å². The molecule has 1 atom stereocenters. The summed E-state index contributed by atoms with van der Waals surface area (Å²) in [7, 11) is 0. The van der Waals surface area contributed by atoms with Crippen LogP contribution in [0.3, 0.4) is 0 Å². The third-order valence-electron chi connectivity index (χ3n) is 4.62. The Balaban J connectivity index is 1.94. The first-order valence-electron chi connectivity index (χ1n) is 8.24. The Hall–Kier alpha value is -0.760. The minimum Gasteiger partial charge on any atom is -0.465 e. The van der Waals surface area contributed by atoms with Crippen molar-refractivity contribution in [3.8, 4) is 0 Å². The number of aromatic nitrogens is 1. The molecule has 3 N–H and O–H groups in total. The molecule has 5 nitrogen and oxygen atoms in total. The normalized spacial score (nSPS) is 22.7. The summed E-state index contributed by atoms with van der Waals surface area (Å²) in [6.07, 6.45) is 4.77. The summed E-state index contributed by atoms with van der Waals surface area (Å²) in [6, 6.07) is 2.31. The highest BCUT2D eigenvalue weighted by Gasteiger charge is 2.35. The van der Waals surface area contributed by atoms with Gasteiger partial charge in [0.1, 0.15) is 5.82 Å². The van der Waals surface area contributed by atoms with E-state index in [9.17, 15) is 4.79 Å². The van der Waals surface area contributed by atoms with Crippen molar-refractivity contribution in [3.63, 3.8) is 0 Å². The number of rotatable bonds is 4. The summed E-state index contributed by atoms with van der Waals surface area (Å²) in [5.74, 6) is 1.22. The molecular formula is C17H25ClIN3O2. The molecule has 0 aromatic carbocycles. The molecule has 1 amide bonds. The highest BCUT2D eigenvalue weighted by molar-refractivity contribution is 14.1. The van der Waals surface area contributed by atoms with Crippen molar-refractivity contribution < 1.29 is 9.90 Å². The van der Waals surface area contributed by atoms with E-state index in [0.717, 1.165) is 35.1 Å². The van der Waals surface area contributed by atoms with Crippen molar-refractivity contribution in [2.24, 2.45) is 11.3 Å². The van der Waals surface area contributed by atoms with Crippen LogP contribution in [0, 0.1) is 14.9 Å². The van der Waals surface area contributed by atoms with E-state index >= 15 is 0 Å². The van der Waals surface area contributed by atoms with E-state index in [1.54, 1.807) is 6.20 Å². The average molecular weight is 466 g/mol. The van der Waals surface area contributed by atoms with Gasteiger partial charge in [0.2, 0.25) is 0 Å². The molecule has 134 valence electrons. The number of hydrogen-bond donors (Lipinski definition) is 3. The van der Waals surface area contributed by atoms with E-state index in [1.165, 1.54) is 0 Å². The second kappa shape index (κ2) is 8.08. The van der Waals surface area contributed by atoms with Crippen LogP contribution in [0.4, 0.5) is 10.6 Å². The van der Waals surface area contributed by atoms with E-state index < -0.39 is 6.09 Å². The Bertz CT molecular complexity index is 584. The summed E-state index contributed by atoms with van der Waals surface area (Å²) in [5.41, 5.74) is -0.0861. The Kier molecular flexibility index (Phi) is 6.59. The summed E-state index contributed by atoms with van der Waals surface area (Å²) < 4.78 is 0.985. The number of anilines is 1. The SMILES string of the molecule is CC(C)(C)C(NC(=O)O)C1CCC(Nc2cc(I)c(Cl)cn2)CC1. The fourth-order valence-electron chi connectivity index (χ4n) is 3.47. The zero-order chi connectivity index (χ0) is 17.9. The fourth-order valence-corrected chi connectivity index (χ4v) is 4.01. The smallest absolute Gasteiger partial charge is 0.404 e. The Morgan fingerprint density at radius 2 is 2.00 bits per heavy atom. The molecule has 1 aromatic rings. The molecule has 1 saturated carbocycles. The maximum absolute atomic E-state index is 11.1. The van der Waals surface area contributed by atoms with Crippen LogP contribution < -0.4 is 10.6 Å². The largest absolute Gasteiger partial charge is 0.465 e. The standard InChI is InChI=1S/C17H25ClIN3O2/c1-17(2,3)15(22-16(23)24)10-4-6-11(7-5-10)21-14-8-13(19)12(18)9-20-14/h8-11,15,22H,4-7H2,1-3H3,(H,20,21)(H,23,24). The summed E-state index contributed by atoms with van der Waals surface area (Å²) in [5, 5.41) is 16.0. The Morgan fingerprint density at radius 3 is 2.50 bits per heavy atom. The Morgan fingerprint density at radius 1 is 1.38 bits per heavy atom. The molecule has 7 heteroatoms. The summed E-state index contributed by atoms with van der Waals surface area (Å²) in [4.78, 5) is 15.4. The third kappa shape index (κ3) is 5.37. The van der Waals surface area contributed by atoms with Crippen LogP contribution in [0.1, 0.15) is 46.5 Å². The Labute approximate surface area is 162 Å². The van der Waals surface area contributed by atoms with E-state index in [-0.39, 0.29) is 11.5 Å². The first-order chi connectivity index (χ1) is 11.2. The lowest BCUT2D eigenvalue weighted by molar-refractivity contribution is 0.134. The minimum atomic E-state index is -0.935.